The molecule has 1 atom stereocenters. The van der Waals surface area contributed by atoms with E-state index in [-0.39, 0.29) is 17.0 Å². The van der Waals surface area contributed by atoms with E-state index >= 15 is 0 Å². The average Bonchev–Trinajstić information content (AvgIpc) is 2.43. The van der Waals surface area contributed by atoms with Gasteiger partial charge in [0.1, 0.15) is 0 Å². The summed E-state index contributed by atoms with van der Waals surface area (Å²) in [5, 5.41) is 9.20. The Balaban J connectivity index is 2.12. The Morgan fingerprint density at radius 1 is 1.18 bits per heavy atom. The third-order valence-corrected chi connectivity index (χ3v) is 6.40. The predicted molar refractivity (Wildman–Crippen MR) is 90.9 cm³/mol. The van der Waals surface area contributed by atoms with Crippen LogP contribution in [0.4, 0.5) is 0 Å². The Hall–Kier alpha value is -0.830. The van der Waals surface area contributed by atoms with Crippen LogP contribution in [0.2, 0.25) is 0 Å². The van der Waals surface area contributed by atoms with Gasteiger partial charge in [-0.25, -0.2) is 0 Å². The molecular weight excluding hydrogens is 274 g/mol. The summed E-state index contributed by atoms with van der Waals surface area (Å²) in [6.07, 6.45) is 8.37. The lowest BCUT2D eigenvalue weighted by Crippen LogP contribution is -2.63. The van der Waals surface area contributed by atoms with Crippen LogP contribution in [0.1, 0.15) is 66.2 Å². The van der Waals surface area contributed by atoms with E-state index in [0.717, 1.165) is 32.2 Å². The molecule has 1 unspecified atom stereocenters. The smallest absolute Gasteiger partial charge is 0.306 e. The molecule has 1 aliphatic carbocycles. The number of carbonyl (C=O) groups is 1. The molecular formula is C19H33NO2. The Morgan fingerprint density at radius 3 is 2.27 bits per heavy atom. The second-order valence-electron chi connectivity index (χ2n) is 8.46. The first-order valence-corrected chi connectivity index (χ1v) is 8.81. The third kappa shape index (κ3) is 3.24. The molecule has 2 aliphatic rings. The van der Waals surface area contributed by atoms with Gasteiger partial charge >= 0.3 is 5.97 Å². The van der Waals surface area contributed by atoms with Crippen molar-refractivity contribution < 1.29 is 9.90 Å². The van der Waals surface area contributed by atoms with Crippen LogP contribution in [-0.4, -0.2) is 33.6 Å². The zero-order valence-electron chi connectivity index (χ0n) is 14.8. The summed E-state index contributed by atoms with van der Waals surface area (Å²) in [6.45, 7) is 14.3. The molecule has 2 fully saturated rings. The van der Waals surface area contributed by atoms with Crippen molar-refractivity contribution >= 4 is 5.97 Å². The lowest BCUT2D eigenvalue weighted by Gasteiger charge is -2.58. The number of rotatable bonds is 4. The molecule has 0 radical (unpaired) electrons. The topological polar surface area (TPSA) is 40.5 Å². The van der Waals surface area contributed by atoms with Gasteiger partial charge in [0.15, 0.2) is 0 Å². The maximum absolute atomic E-state index is 11.2. The summed E-state index contributed by atoms with van der Waals surface area (Å²) in [5.41, 5.74) is 0.364. The molecule has 1 saturated heterocycles. The molecule has 3 nitrogen and oxygen atoms in total. The van der Waals surface area contributed by atoms with Crippen molar-refractivity contribution in [2.75, 3.05) is 6.54 Å². The summed E-state index contributed by atoms with van der Waals surface area (Å²) < 4.78 is 0. The van der Waals surface area contributed by atoms with Gasteiger partial charge in [-0.2, -0.15) is 0 Å². The molecule has 0 aromatic heterocycles. The van der Waals surface area contributed by atoms with E-state index in [2.05, 4.69) is 39.2 Å². The van der Waals surface area contributed by atoms with Crippen LogP contribution in [0.25, 0.3) is 0 Å². The first-order valence-electron chi connectivity index (χ1n) is 8.81. The number of nitrogens with zero attached hydrogens (tertiary/aromatic N) is 1. The fourth-order valence-electron chi connectivity index (χ4n) is 5.17. The number of carboxylic acids is 1. The van der Waals surface area contributed by atoms with Gasteiger partial charge in [-0.15, -0.1) is 6.58 Å². The molecule has 126 valence electrons. The number of hydrogen-bond donors (Lipinski definition) is 1. The van der Waals surface area contributed by atoms with Crippen molar-refractivity contribution in [2.45, 2.75) is 77.3 Å². The molecule has 0 aromatic rings. The normalized spacial score (nSPS) is 35.0. The molecule has 22 heavy (non-hydrogen) atoms. The molecule has 1 N–H and O–H groups in total. The van der Waals surface area contributed by atoms with Crippen LogP contribution in [-0.2, 0) is 4.79 Å². The van der Waals surface area contributed by atoms with Gasteiger partial charge < -0.3 is 5.11 Å². The number of piperidine rings is 1. The SMILES string of the molecule is C=CCN1C(C)(C)CCC(C2CCC(C(=O)O)CC2)C1(C)C. The summed E-state index contributed by atoms with van der Waals surface area (Å²) in [5.74, 6) is 0.628. The monoisotopic (exact) mass is 307 g/mol. The molecule has 3 heteroatoms. The van der Waals surface area contributed by atoms with E-state index in [9.17, 15) is 9.90 Å². The van der Waals surface area contributed by atoms with Gasteiger partial charge in [-0.1, -0.05) is 6.08 Å². The Kier molecular flexibility index (Phi) is 5.06. The van der Waals surface area contributed by atoms with Gasteiger partial charge in [-0.05, 0) is 78.1 Å². The minimum Gasteiger partial charge on any atom is -0.481 e. The van der Waals surface area contributed by atoms with Gasteiger partial charge in [0.25, 0.3) is 0 Å². The number of carboxylic acid groups (broad SMARTS) is 1. The molecule has 0 aromatic carbocycles. The Labute approximate surface area is 135 Å². The molecule has 1 saturated carbocycles. The number of likely N-dealkylation sites (tertiary alicyclic amines) is 1. The zero-order valence-corrected chi connectivity index (χ0v) is 14.8. The highest BCUT2D eigenvalue weighted by molar-refractivity contribution is 5.69. The van der Waals surface area contributed by atoms with Gasteiger partial charge in [-0.3, -0.25) is 9.69 Å². The highest BCUT2D eigenvalue weighted by Gasteiger charge is 2.49. The van der Waals surface area contributed by atoms with Gasteiger partial charge in [0, 0.05) is 17.6 Å². The zero-order chi connectivity index (χ0) is 16.5. The maximum atomic E-state index is 11.2. The molecule has 1 heterocycles. The standard InChI is InChI=1S/C19H33NO2/c1-6-13-20-18(2,3)12-11-16(19(20,4)5)14-7-9-15(10-8-14)17(21)22/h6,14-16H,1,7-13H2,2-5H3,(H,21,22). The maximum Gasteiger partial charge on any atom is 0.306 e. The van der Waals surface area contributed by atoms with Crippen molar-refractivity contribution in [3.8, 4) is 0 Å². The second-order valence-corrected chi connectivity index (χ2v) is 8.46. The number of hydrogen-bond acceptors (Lipinski definition) is 2. The lowest BCUT2D eigenvalue weighted by atomic mass is 9.63. The molecule has 0 spiro atoms. The molecule has 0 bridgehead atoms. The molecule has 0 amide bonds. The van der Waals surface area contributed by atoms with Gasteiger partial charge in [0.2, 0.25) is 0 Å². The van der Waals surface area contributed by atoms with Crippen molar-refractivity contribution in [3.05, 3.63) is 12.7 Å². The van der Waals surface area contributed by atoms with Crippen molar-refractivity contribution in [2.24, 2.45) is 17.8 Å². The van der Waals surface area contributed by atoms with Crippen molar-refractivity contribution in [1.82, 2.24) is 4.90 Å². The fraction of sp³-hybridized carbons (Fsp3) is 0.842. The second kappa shape index (κ2) is 6.35. The van der Waals surface area contributed by atoms with E-state index in [1.54, 1.807) is 0 Å². The van der Waals surface area contributed by atoms with Crippen LogP contribution in [0.3, 0.4) is 0 Å². The summed E-state index contributed by atoms with van der Waals surface area (Å²) in [7, 11) is 0. The van der Waals surface area contributed by atoms with Crippen molar-refractivity contribution in [3.63, 3.8) is 0 Å². The predicted octanol–water partition coefficient (Wildman–Crippen LogP) is 4.33. The van der Waals surface area contributed by atoms with Crippen molar-refractivity contribution in [1.29, 1.82) is 0 Å². The summed E-state index contributed by atoms with van der Waals surface area (Å²) in [6, 6.07) is 0. The van der Waals surface area contributed by atoms with E-state index in [0.29, 0.717) is 11.8 Å². The molecule has 2 rings (SSSR count). The van der Waals surface area contributed by atoms with Crippen LogP contribution in [0.5, 0.6) is 0 Å². The Bertz CT molecular complexity index is 419. The summed E-state index contributed by atoms with van der Waals surface area (Å²) >= 11 is 0. The Morgan fingerprint density at radius 2 is 1.77 bits per heavy atom. The fourth-order valence-corrected chi connectivity index (χ4v) is 5.17. The van der Waals surface area contributed by atoms with Crippen LogP contribution >= 0.6 is 0 Å². The first kappa shape index (κ1) is 17.5. The quantitative estimate of drug-likeness (QED) is 0.786. The van der Waals surface area contributed by atoms with Crippen LogP contribution in [0, 0.1) is 17.8 Å². The highest BCUT2D eigenvalue weighted by atomic mass is 16.4. The minimum atomic E-state index is -0.601. The van der Waals surface area contributed by atoms with Crippen LogP contribution < -0.4 is 0 Å². The van der Waals surface area contributed by atoms with E-state index < -0.39 is 5.97 Å². The largest absolute Gasteiger partial charge is 0.481 e. The third-order valence-electron chi connectivity index (χ3n) is 6.40. The summed E-state index contributed by atoms with van der Waals surface area (Å²) in [4.78, 5) is 13.8. The van der Waals surface area contributed by atoms with E-state index in [1.807, 2.05) is 6.08 Å². The van der Waals surface area contributed by atoms with Crippen LogP contribution in [0.15, 0.2) is 12.7 Å². The minimum absolute atomic E-state index is 0.108. The lowest BCUT2D eigenvalue weighted by molar-refractivity contribution is -0.143. The van der Waals surface area contributed by atoms with Gasteiger partial charge in [0.05, 0.1) is 5.92 Å². The average molecular weight is 307 g/mol. The number of aliphatic carboxylic acids is 1. The van der Waals surface area contributed by atoms with E-state index in [4.69, 9.17) is 0 Å². The molecule has 1 aliphatic heterocycles. The highest BCUT2D eigenvalue weighted by Crippen LogP contribution is 2.48. The van der Waals surface area contributed by atoms with E-state index in [1.165, 1.54) is 12.8 Å². The first-order chi connectivity index (χ1) is 10.2.